The summed E-state index contributed by atoms with van der Waals surface area (Å²) in [6, 6.07) is 11.6. The third kappa shape index (κ3) is 11.4. The fraction of sp³-hybridized carbons (Fsp3) is 0.500. The predicted octanol–water partition coefficient (Wildman–Crippen LogP) is 1.83. The van der Waals surface area contributed by atoms with Crippen molar-refractivity contribution in [1.29, 1.82) is 0 Å². The van der Waals surface area contributed by atoms with E-state index >= 15 is 0 Å². The SMILES string of the molecule is COOC.CO[SiH2]CCCNc1ccccc1. The molecule has 0 aliphatic heterocycles. The molecule has 0 aliphatic carbocycles. The van der Waals surface area contributed by atoms with E-state index in [1.165, 1.54) is 32.4 Å². The molecule has 98 valence electrons. The molecule has 0 aromatic heterocycles. The third-order valence-electron chi connectivity index (χ3n) is 2.04. The van der Waals surface area contributed by atoms with Crippen LogP contribution in [0.3, 0.4) is 0 Å². The normalized spacial score (nSPS) is 10.1. The lowest BCUT2D eigenvalue weighted by Crippen LogP contribution is -2.03. The van der Waals surface area contributed by atoms with Crippen LogP contribution in [-0.2, 0) is 14.2 Å². The van der Waals surface area contributed by atoms with Crippen molar-refractivity contribution in [2.75, 3.05) is 33.2 Å². The van der Waals surface area contributed by atoms with Crippen molar-refractivity contribution in [3.05, 3.63) is 30.3 Å². The first-order chi connectivity index (χ1) is 8.35. The molecule has 0 heterocycles. The van der Waals surface area contributed by atoms with Crippen molar-refractivity contribution in [2.45, 2.75) is 12.5 Å². The number of rotatable bonds is 7. The van der Waals surface area contributed by atoms with Gasteiger partial charge in [-0.3, -0.25) is 0 Å². The summed E-state index contributed by atoms with van der Waals surface area (Å²) >= 11 is 0. The molecule has 0 saturated heterocycles. The number of nitrogens with one attached hydrogen (secondary N) is 1. The first kappa shape index (κ1) is 16.1. The second-order valence-electron chi connectivity index (χ2n) is 3.33. The maximum Gasteiger partial charge on any atom is 0.161 e. The summed E-state index contributed by atoms with van der Waals surface area (Å²) in [7, 11) is 4.50. The number of benzene rings is 1. The molecule has 1 aromatic rings. The predicted molar refractivity (Wildman–Crippen MR) is 73.9 cm³/mol. The van der Waals surface area contributed by atoms with Gasteiger partial charge in [-0.2, -0.15) is 0 Å². The standard InChI is InChI=1S/C10H17NOSi.C2H6O2/c1-12-13-9-5-8-11-10-6-3-2-4-7-10;1-3-4-2/h2-4,6-7,11H,5,8-9,13H2,1H3;1-2H3. The molecule has 0 fully saturated rings. The van der Waals surface area contributed by atoms with Gasteiger partial charge in [0.05, 0.1) is 14.2 Å². The van der Waals surface area contributed by atoms with Gasteiger partial charge in [0, 0.05) is 19.3 Å². The summed E-state index contributed by atoms with van der Waals surface area (Å²) in [6.45, 7) is 1.06. The van der Waals surface area contributed by atoms with E-state index in [0.29, 0.717) is 0 Å². The van der Waals surface area contributed by atoms with E-state index in [1.807, 2.05) is 18.2 Å². The van der Waals surface area contributed by atoms with E-state index < -0.39 is 0 Å². The molecule has 0 unspecified atom stereocenters. The van der Waals surface area contributed by atoms with Crippen molar-refractivity contribution in [1.82, 2.24) is 0 Å². The molecule has 17 heavy (non-hydrogen) atoms. The topological polar surface area (TPSA) is 39.7 Å². The van der Waals surface area contributed by atoms with Crippen LogP contribution in [0.5, 0.6) is 0 Å². The number of hydrogen-bond acceptors (Lipinski definition) is 4. The first-order valence-electron chi connectivity index (χ1n) is 5.69. The van der Waals surface area contributed by atoms with E-state index in [9.17, 15) is 0 Å². The molecule has 0 spiro atoms. The van der Waals surface area contributed by atoms with Gasteiger partial charge in [0.15, 0.2) is 9.76 Å². The van der Waals surface area contributed by atoms with Gasteiger partial charge in [-0.25, -0.2) is 9.78 Å². The van der Waals surface area contributed by atoms with Gasteiger partial charge in [0.1, 0.15) is 0 Å². The van der Waals surface area contributed by atoms with Crippen LogP contribution in [0.2, 0.25) is 6.04 Å². The van der Waals surface area contributed by atoms with Crippen LogP contribution in [0.25, 0.3) is 0 Å². The van der Waals surface area contributed by atoms with E-state index in [-0.39, 0.29) is 9.76 Å². The largest absolute Gasteiger partial charge is 0.427 e. The second kappa shape index (κ2) is 13.2. The average Bonchev–Trinajstić information content (AvgIpc) is 2.40. The Kier molecular flexibility index (Phi) is 12.5. The Hall–Kier alpha value is -0.883. The lowest BCUT2D eigenvalue weighted by atomic mass is 10.3. The smallest absolute Gasteiger partial charge is 0.161 e. The molecule has 0 bridgehead atoms. The molecule has 4 nitrogen and oxygen atoms in total. The molecule has 0 saturated carbocycles. The Morgan fingerprint density at radius 1 is 1.06 bits per heavy atom. The van der Waals surface area contributed by atoms with Gasteiger partial charge < -0.3 is 9.74 Å². The summed E-state index contributed by atoms with van der Waals surface area (Å²) in [4.78, 5) is 8.08. The van der Waals surface area contributed by atoms with Crippen molar-refractivity contribution in [3.63, 3.8) is 0 Å². The zero-order valence-corrected chi connectivity index (χ0v) is 12.4. The molecule has 1 aromatic carbocycles. The van der Waals surface area contributed by atoms with Crippen LogP contribution in [-0.4, -0.2) is 37.6 Å². The molecule has 0 radical (unpaired) electrons. The van der Waals surface area contributed by atoms with E-state index in [1.54, 1.807) is 7.11 Å². The highest BCUT2D eigenvalue weighted by molar-refractivity contribution is 6.26. The number of anilines is 1. The Bertz CT molecular complexity index is 245. The molecule has 5 heteroatoms. The minimum Gasteiger partial charge on any atom is -0.427 e. The Balaban J connectivity index is 0.000000557. The van der Waals surface area contributed by atoms with Crippen LogP contribution in [0.15, 0.2) is 30.3 Å². The number of para-hydroxylation sites is 1. The van der Waals surface area contributed by atoms with Gasteiger partial charge in [-0.1, -0.05) is 18.2 Å². The lowest BCUT2D eigenvalue weighted by molar-refractivity contribution is -0.248. The average molecular weight is 257 g/mol. The van der Waals surface area contributed by atoms with Crippen LogP contribution in [0, 0.1) is 0 Å². The summed E-state index contributed by atoms with van der Waals surface area (Å²) < 4.78 is 5.11. The van der Waals surface area contributed by atoms with Crippen LogP contribution < -0.4 is 5.32 Å². The summed E-state index contributed by atoms with van der Waals surface area (Å²) in [5.41, 5.74) is 1.21. The highest BCUT2D eigenvalue weighted by Crippen LogP contribution is 2.04. The Labute approximate surface area is 106 Å². The maximum absolute atomic E-state index is 5.11. The molecular formula is C12H23NO3Si. The van der Waals surface area contributed by atoms with Crippen molar-refractivity contribution < 1.29 is 14.2 Å². The summed E-state index contributed by atoms with van der Waals surface area (Å²) in [5.74, 6) is 0. The molecular weight excluding hydrogens is 234 g/mol. The fourth-order valence-corrected chi connectivity index (χ4v) is 1.90. The lowest BCUT2D eigenvalue weighted by Gasteiger charge is -2.04. The van der Waals surface area contributed by atoms with Crippen molar-refractivity contribution in [2.24, 2.45) is 0 Å². The zero-order valence-electron chi connectivity index (χ0n) is 10.9. The quantitative estimate of drug-likeness (QED) is 0.350. The van der Waals surface area contributed by atoms with Crippen molar-refractivity contribution in [3.8, 4) is 0 Å². The summed E-state index contributed by atoms with van der Waals surface area (Å²) in [6.07, 6.45) is 1.22. The van der Waals surface area contributed by atoms with E-state index in [4.69, 9.17) is 4.43 Å². The first-order valence-corrected chi connectivity index (χ1v) is 7.27. The maximum atomic E-state index is 5.11. The Morgan fingerprint density at radius 3 is 2.24 bits per heavy atom. The minimum atomic E-state index is -0.218. The molecule has 0 amide bonds. The van der Waals surface area contributed by atoms with Gasteiger partial charge in [-0.05, 0) is 24.6 Å². The van der Waals surface area contributed by atoms with Crippen LogP contribution in [0.4, 0.5) is 5.69 Å². The Morgan fingerprint density at radius 2 is 1.71 bits per heavy atom. The fourth-order valence-electron chi connectivity index (χ4n) is 1.16. The van der Waals surface area contributed by atoms with Crippen molar-refractivity contribution >= 4 is 15.5 Å². The monoisotopic (exact) mass is 257 g/mol. The third-order valence-corrected chi connectivity index (χ3v) is 3.24. The van der Waals surface area contributed by atoms with E-state index in [0.717, 1.165) is 6.54 Å². The minimum absolute atomic E-state index is 0.218. The molecule has 0 atom stereocenters. The van der Waals surface area contributed by atoms with Gasteiger partial charge >= 0.3 is 0 Å². The van der Waals surface area contributed by atoms with Crippen LogP contribution in [0.1, 0.15) is 6.42 Å². The molecule has 1 rings (SSSR count). The van der Waals surface area contributed by atoms with Gasteiger partial charge in [-0.15, -0.1) is 0 Å². The molecule has 0 aliphatic rings. The highest BCUT2D eigenvalue weighted by Gasteiger charge is 1.90. The van der Waals surface area contributed by atoms with Gasteiger partial charge in [0.2, 0.25) is 0 Å². The number of hydrogen-bond donors (Lipinski definition) is 1. The molecule has 1 N–H and O–H groups in total. The van der Waals surface area contributed by atoms with E-state index in [2.05, 4.69) is 27.2 Å². The zero-order chi connectivity index (χ0) is 12.8. The summed E-state index contributed by atoms with van der Waals surface area (Å²) in [5, 5.41) is 3.37. The van der Waals surface area contributed by atoms with Gasteiger partial charge in [0.25, 0.3) is 0 Å². The van der Waals surface area contributed by atoms with Crippen LogP contribution >= 0.6 is 0 Å². The second-order valence-corrected chi connectivity index (χ2v) is 5.02. The highest BCUT2D eigenvalue weighted by atomic mass is 28.2.